The second kappa shape index (κ2) is 5.58. The summed E-state index contributed by atoms with van der Waals surface area (Å²) >= 11 is 1.58. The summed E-state index contributed by atoms with van der Waals surface area (Å²) < 4.78 is 5.59. The Labute approximate surface area is 120 Å². The molecule has 3 rings (SSSR count). The summed E-state index contributed by atoms with van der Waals surface area (Å²) in [5.74, 6) is 1.29. The van der Waals surface area contributed by atoms with Gasteiger partial charge in [0.05, 0.1) is 11.4 Å². The number of aromatic nitrogens is 4. The Morgan fingerprint density at radius 1 is 1.20 bits per heavy atom. The van der Waals surface area contributed by atoms with Crippen molar-refractivity contribution in [3.05, 3.63) is 42.2 Å². The molecule has 6 heteroatoms. The summed E-state index contributed by atoms with van der Waals surface area (Å²) in [5, 5.41) is 19.4. The fraction of sp³-hybridized carbons (Fsp3) is 0.286. The first-order chi connectivity index (χ1) is 9.78. The maximum absolute atomic E-state index is 5.59. The Hall–Kier alpha value is -1.95. The Kier molecular flexibility index (Phi) is 3.64. The SMILES string of the molecule is CCc1nnc([C@@H](C)Sc2nncc3ccccc23)o1. The third-order valence-electron chi connectivity index (χ3n) is 2.96. The van der Waals surface area contributed by atoms with Gasteiger partial charge in [0.25, 0.3) is 0 Å². The van der Waals surface area contributed by atoms with E-state index in [2.05, 4.69) is 20.4 Å². The first kappa shape index (κ1) is 13.1. The van der Waals surface area contributed by atoms with E-state index in [9.17, 15) is 0 Å². The van der Waals surface area contributed by atoms with Crippen LogP contribution >= 0.6 is 11.8 Å². The van der Waals surface area contributed by atoms with Gasteiger partial charge in [-0.25, -0.2) is 0 Å². The van der Waals surface area contributed by atoms with E-state index < -0.39 is 0 Å². The fourth-order valence-corrected chi connectivity index (χ4v) is 2.82. The van der Waals surface area contributed by atoms with Crippen LogP contribution in [0.3, 0.4) is 0 Å². The molecule has 20 heavy (non-hydrogen) atoms. The lowest BCUT2D eigenvalue weighted by Gasteiger charge is -2.07. The van der Waals surface area contributed by atoms with Gasteiger partial charge in [-0.1, -0.05) is 43.0 Å². The van der Waals surface area contributed by atoms with Crippen molar-refractivity contribution in [1.82, 2.24) is 20.4 Å². The van der Waals surface area contributed by atoms with E-state index in [0.717, 1.165) is 22.2 Å². The lowest BCUT2D eigenvalue weighted by atomic mass is 10.2. The average Bonchev–Trinajstić information content (AvgIpc) is 2.97. The van der Waals surface area contributed by atoms with Gasteiger partial charge in [-0.15, -0.1) is 15.3 Å². The van der Waals surface area contributed by atoms with Crippen molar-refractivity contribution in [2.75, 3.05) is 0 Å². The molecular formula is C14H14N4OS. The zero-order valence-corrected chi connectivity index (χ0v) is 12.1. The predicted octanol–water partition coefficient (Wildman–Crippen LogP) is 3.43. The van der Waals surface area contributed by atoms with E-state index in [1.54, 1.807) is 18.0 Å². The zero-order chi connectivity index (χ0) is 13.9. The molecule has 5 nitrogen and oxygen atoms in total. The molecule has 0 fully saturated rings. The van der Waals surface area contributed by atoms with Crippen LogP contribution in [0.25, 0.3) is 10.8 Å². The average molecular weight is 286 g/mol. The van der Waals surface area contributed by atoms with Crippen LogP contribution in [0.15, 0.2) is 39.9 Å². The Bertz CT molecular complexity index is 723. The highest BCUT2D eigenvalue weighted by Crippen LogP contribution is 2.36. The van der Waals surface area contributed by atoms with Gasteiger partial charge in [0.15, 0.2) is 0 Å². The number of hydrogen-bond acceptors (Lipinski definition) is 6. The quantitative estimate of drug-likeness (QED) is 0.685. The van der Waals surface area contributed by atoms with Crippen molar-refractivity contribution in [3.63, 3.8) is 0 Å². The number of nitrogens with zero attached hydrogens (tertiary/aromatic N) is 4. The summed E-state index contributed by atoms with van der Waals surface area (Å²) in [4.78, 5) is 0. The lowest BCUT2D eigenvalue weighted by molar-refractivity contribution is 0.456. The number of rotatable bonds is 4. The maximum atomic E-state index is 5.59. The monoisotopic (exact) mass is 286 g/mol. The van der Waals surface area contributed by atoms with Crippen LogP contribution < -0.4 is 0 Å². The Balaban J connectivity index is 1.89. The topological polar surface area (TPSA) is 64.7 Å². The first-order valence-electron chi connectivity index (χ1n) is 6.47. The largest absolute Gasteiger partial charge is 0.424 e. The molecule has 1 aromatic carbocycles. The molecule has 0 saturated carbocycles. The molecule has 102 valence electrons. The van der Waals surface area contributed by atoms with Crippen molar-refractivity contribution in [1.29, 1.82) is 0 Å². The molecular weight excluding hydrogens is 272 g/mol. The van der Waals surface area contributed by atoms with E-state index in [0.29, 0.717) is 11.8 Å². The van der Waals surface area contributed by atoms with Crippen molar-refractivity contribution in [3.8, 4) is 0 Å². The molecule has 0 amide bonds. The van der Waals surface area contributed by atoms with Crippen molar-refractivity contribution >= 4 is 22.5 Å². The molecule has 0 bridgehead atoms. The molecule has 0 unspecified atom stereocenters. The fourth-order valence-electron chi connectivity index (χ4n) is 1.88. The van der Waals surface area contributed by atoms with Gasteiger partial charge in [0.2, 0.25) is 11.8 Å². The lowest BCUT2D eigenvalue weighted by Crippen LogP contribution is -1.93. The van der Waals surface area contributed by atoms with Gasteiger partial charge in [-0.05, 0) is 6.92 Å². The van der Waals surface area contributed by atoms with E-state index in [-0.39, 0.29) is 5.25 Å². The highest BCUT2D eigenvalue weighted by atomic mass is 32.2. The summed E-state index contributed by atoms with van der Waals surface area (Å²) in [6, 6.07) is 8.07. The van der Waals surface area contributed by atoms with Gasteiger partial charge in [0.1, 0.15) is 5.03 Å². The molecule has 0 saturated heterocycles. The number of benzene rings is 1. The van der Waals surface area contributed by atoms with Crippen LogP contribution in [0.1, 0.15) is 30.9 Å². The van der Waals surface area contributed by atoms with Gasteiger partial charge in [0, 0.05) is 17.2 Å². The molecule has 1 atom stereocenters. The second-order valence-electron chi connectivity index (χ2n) is 4.38. The molecule has 0 aliphatic carbocycles. The molecule has 0 aliphatic rings. The van der Waals surface area contributed by atoms with Crippen LogP contribution in [0.2, 0.25) is 0 Å². The van der Waals surface area contributed by atoms with Crippen LogP contribution in [0.5, 0.6) is 0 Å². The molecule has 3 aromatic rings. The summed E-state index contributed by atoms with van der Waals surface area (Å²) in [7, 11) is 0. The summed E-state index contributed by atoms with van der Waals surface area (Å²) in [6.45, 7) is 4.02. The minimum absolute atomic E-state index is 0.0444. The number of hydrogen-bond donors (Lipinski definition) is 0. The number of thioether (sulfide) groups is 1. The Morgan fingerprint density at radius 2 is 2.05 bits per heavy atom. The molecule has 0 spiro atoms. The summed E-state index contributed by atoms with van der Waals surface area (Å²) in [5.41, 5.74) is 0. The van der Waals surface area contributed by atoms with Gasteiger partial charge >= 0.3 is 0 Å². The predicted molar refractivity (Wildman–Crippen MR) is 77.5 cm³/mol. The molecule has 2 aromatic heterocycles. The highest BCUT2D eigenvalue weighted by molar-refractivity contribution is 7.99. The van der Waals surface area contributed by atoms with Crippen LogP contribution in [-0.4, -0.2) is 20.4 Å². The smallest absolute Gasteiger partial charge is 0.229 e. The molecule has 0 aliphatic heterocycles. The van der Waals surface area contributed by atoms with Crippen molar-refractivity contribution in [2.24, 2.45) is 0 Å². The Morgan fingerprint density at radius 3 is 2.85 bits per heavy atom. The molecule has 2 heterocycles. The van der Waals surface area contributed by atoms with Crippen LogP contribution in [0, 0.1) is 0 Å². The zero-order valence-electron chi connectivity index (χ0n) is 11.3. The molecule has 0 N–H and O–H groups in total. The standard InChI is InChI=1S/C14H14N4OS/c1-3-12-16-17-13(19-12)9(2)20-14-11-7-5-4-6-10(11)8-15-18-14/h4-9H,3H2,1-2H3/t9-/m1/s1. The minimum atomic E-state index is 0.0444. The van der Waals surface area contributed by atoms with E-state index >= 15 is 0 Å². The normalized spacial score (nSPS) is 12.7. The van der Waals surface area contributed by atoms with Crippen LogP contribution in [-0.2, 0) is 6.42 Å². The van der Waals surface area contributed by atoms with Gasteiger partial charge in [-0.3, -0.25) is 0 Å². The van der Waals surface area contributed by atoms with Crippen molar-refractivity contribution < 1.29 is 4.42 Å². The van der Waals surface area contributed by atoms with E-state index in [1.165, 1.54) is 0 Å². The third-order valence-corrected chi connectivity index (χ3v) is 4.04. The van der Waals surface area contributed by atoms with Crippen LogP contribution in [0.4, 0.5) is 0 Å². The number of fused-ring (bicyclic) bond motifs is 1. The third kappa shape index (κ3) is 2.51. The van der Waals surface area contributed by atoms with E-state index in [4.69, 9.17) is 4.42 Å². The number of aryl methyl sites for hydroxylation is 1. The van der Waals surface area contributed by atoms with Gasteiger partial charge in [-0.2, -0.15) is 5.10 Å². The minimum Gasteiger partial charge on any atom is -0.424 e. The van der Waals surface area contributed by atoms with E-state index in [1.807, 2.05) is 38.1 Å². The summed E-state index contributed by atoms with van der Waals surface area (Å²) in [6.07, 6.45) is 2.52. The second-order valence-corrected chi connectivity index (χ2v) is 5.71. The highest BCUT2D eigenvalue weighted by Gasteiger charge is 2.17. The first-order valence-corrected chi connectivity index (χ1v) is 7.35. The maximum Gasteiger partial charge on any atom is 0.229 e. The van der Waals surface area contributed by atoms with Gasteiger partial charge < -0.3 is 4.42 Å². The van der Waals surface area contributed by atoms with Crippen molar-refractivity contribution in [2.45, 2.75) is 30.5 Å². The molecule has 0 radical (unpaired) electrons.